The van der Waals surface area contributed by atoms with Crippen LogP contribution in [-0.2, 0) is 16.2 Å². The van der Waals surface area contributed by atoms with E-state index in [4.69, 9.17) is 9.47 Å². The number of benzene rings is 2. The topological polar surface area (TPSA) is 55.8 Å². The van der Waals surface area contributed by atoms with Crippen molar-refractivity contribution in [1.82, 2.24) is 4.90 Å². The van der Waals surface area contributed by atoms with Crippen molar-refractivity contribution in [1.29, 1.82) is 0 Å². The number of methoxy groups -OCH3 is 1. The summed E-state index contributed by atoms with van der Waals surface area (Å²) in [4.78, 5) is 29.1. The second kappa shape index (κ2) is 10.8. The maximum Gasteiger partial charge on any atom is 0.175 e. The lowest BCUT2D eigenvalue weighted by Gasteiger charge is -2.44. The second-order valence-corrected chi connectivity index (χ2v) is 10.6. The Morgan fingerprint density at radius 1 is 1.00 bits per heavy atom. The number of rotatable bonds is 7. The van der Waals surface area contributed by atoms with Crippen LogP contribution < -0.4 is 9.47 Å². The van der Waals surface area contributed by atoms with Gasteiger partial charge in [0, 0.05) is 53.4 Å². The van der Waals surface area contributed by atoms with Gasteiger partial charge in [-0.3, -0.25) is 9.59 Å². The number of hydrogen-bond acceptors (Lipinski definition) is 5. The summed E-state index contributed by atoms with van der Waals surface area (Å²) in [7, 11) is 1.55. The number of nitrogens with zero attached hydrogens (tertiary/aromatic N) is 1. The fourth-order valence-electron chi connectivity index (χ4n) is 5.86. The smallest absolute Gasteiger partial charge is 0.175 e. The van der Waals surface area contributed by atoms with Crippen LogP contribution >= 0.6 is 15.9 Å². The highest BCUT2D eigenvalue weighted by atomic mass is 79.9. The quantitative estimate of drug-likeness (QED) is 0.360. The van der Waals surface area contributed by atoms with Crippen LogP contribution in [0, 0.1) is 5.82 Å². The first-order valence-corrected chi connectivity index (χ1v) is 13.8. The molecule has 1 heterocycles. The molecule has 0 bridgehead atoms. The number of halogens is 2. The third-order valence-corrected chi connectivity index (χ3v) is 8.04. The van der Waals surface area contributed by atoms with Crippen LogP contribution in [0.25, 0.3) is 0 Å². The van der Waals surface area contributed by atoms with Gasteiger partial charge in [0.25, 0.3) is 0 Å². The van der Waals surface area contributed by atoms with Crippen molar-refractivity contribution in [2.24, 2.45) is 0 Å². The second-order valence-electron chi connectivity index (χ2n) is 9.77. The normalized spacial score (nSPS) is 18.2. The predicted molar refractivity (Wildman–Crippen MR) is 143 cm³/mol. The van der Waals surface area contributed by atoms with Gasteiger partial charge in [-0.1, -0.05) is 25.1 Å². The Morgan fingerprint density at radius 2 is 1.65 bits per heavy atom. The third-order valence-electron chi connectivity index (χ3n) is 7.45. The van der Waals surface area contributed by atoms with Gasteiger partial charge >= 0.3 is 0 Å². The molecule has 0 saturated heterocycles. The molecule has 1 aliphatic heterocycles. The zero-order valence-corrected chi connectivity index (χ0v) is 22.8. The molecule has 2 aromatic carbocycles. The highest BCUT2D eigenvalue weighted by Gasteiger charge is 2.43. The van der Waals surface area contributed by atoms with Crippen molar-refractivity contribution in [2.75, 3.05) is 13.7 Å². The first-order chi connectivity index (χ1) is 17.9. The molecule has 5 rings (SSSR count). The van der Waals surface area contributed by atoms with Crippen LogP contribution in [0.5, 0.6) is 11.5 Å². The monoisotopic (exact) mass is 567 g/mol. The number of allylic oxidation sites excluding steroid dienone is 4. The minimum Gasteiger partial charge on any atom is -0.493 e. The minimum absolute atomic E-state index is 0.0396. The third kappa shape index (κ3) is 4.74. The average Bonchev–Trinajstić information content (AvgIpc) is 2.89. The van der Waals surface area contributed by atoms with Gasteiger partial charge in [0.2, 0.25) is 0 Å². The maximum atomic E-state index is 14.2. The van der Waals surface area contributed by atoms with Crippen molar-refractivity contribution in [3.63, 3.8) is 0 Å². The molecule has 2 aliphatic carbocycles. The fourth-order valence-corrected chi connectivity index (χ4v) is 6.43. The molecule has 5 nitrogen and oxygen atoms in total. The zero-order valence-electron chi connectivity index (χ0n) is 21.2. The van der Waals surface area contributed by atoms with E-state index in [9.17, 15) is 14.0 Å². The van der Waals surface area contributed by atoms with Gasteiger partial charge in [0.15, 0.2) is 23.1 Å². The zero-order chi connectivity index (χ0) is 26.1. The van der Waals surface area contributed by atoms with Crippen LogP contribution in [0.3, 0.4) is 0 Å². The van der Waals surface area contributed by atoms with E-state index >= 15 is 0 Å². The van der Waals surface area contributed by atoms with Crippen molar-refractivity contribution >= 4 is 27.5 Å². The first kappa shape index (κ1) is 25.7. The van der Waals surface area contributed by atoms with Crippen LogP contribution in [-0.4, -0.2) is 30.1 Å². The summed E-state index contributed by atoms with van der Waals surface area (Å²) in [6, 6.07) is 10.3. The standard InChI is InChI=1S/C30H31BrFNO4/c1-3-14-33-22-10-6-12-24(34)28(22)27(29-23(33)11-7-13-25(29)35)19-15-20(31)30(26(16-19)36-2)37-17-18-8-4-5-9-21(18)32/h4-5,8-9,15-16,27H,3,6-7,10-14,17H2,1-2H3. The molecule has 2 aromatic rings. The molecule has 37 heavy (non-hydrogen) atoms. The van der Waals surface area contributed by atoms with Crippen molar-refractivity contribution in [3.05, 3.63) is 80.4 Å². The lowest BCUT2D eigenvalue weighted by Crippen LogP contribution is -2.39. The molecule has 3 aliphatic rings. The van der Waals surface area contributed by atoms with E-state index in [1.807, 2.05) is 12.1 Å². The molecule has 0 fully saturated rings. The summed E-state index contributed by atoms with van der Waals surface area (Å²) in [5, 5.41) is 0. The molecule has 0 atom stereocenters. The van der Waals surface area contributed by atoms with Crippen LogP contribution in [0.2, 0.25) is 0 Å². The Bertz CT molecular complexity index is 1270. The number of ether oxygens (including phenoxy) is 2. The lowest BCUT2D eigenvalue weighted by molar-refractivity contribution is -0.117. The summed E-state index contributed by atoms with van der Waals surface area (Å²) >= 11 is 3.63. The van der Waals surface area contributed by atoms with E-state index in [0.717, 1.165) is 66.8 Å². The lowest BCUT2D eigenvalue weighted by atomic mass is 9.71. The van der Waals surface area contributed by atoms with Gasteiger partial charge in [-0.05, 0) is 71.8 Å². The van der Waals surface area contributed by atoms with E-state index in [-0.39, 0.29) is 24.0 Å². The number of carbonyl (C=O) groups is 2. The van der Waals surface area contributed by atoms with Crippen molar-refractivity contribution in [2.45, 2.75) is 64.4 Å². The summed E-state index contributed by atoms with van der Waals surface area (Å²) in [6.45, 7) is 2.97. The van der Waals surface area contributed by atoms with Gasteiger partial charge in [-0.2, -0.15) is 0 Å². The summed E-state index contributed by atoms with van der Waals surface area (Å²) in [5.41, 5.74) is 4.92. The molecule has 0 aromatic heterocycles. The van der Waals surface area contributed by atoms with E-state index in [2.05, 4.69) is 27.8 Å². The Kier molecular flexibility index (Phi) is 7.52. The molecular formula is C30H31BrFNO4. The van der Waals surface area contributed by atoms with Crippen LogP contribution in [0.1, 0.15) is 68.9 Å². The minimum atomic E-state index is -0.426. The van der Waals surface area contributed by atoms with Crippen molar-refractivity contribution < 1.29 is 23.5 Å². The maximum absolute atomic E-state index is 14.2. The number of Topliss-reactive ketones (excluding diaryl/α,β-unsaturated/α-hetero) is 2. The fraction of sp³-hybridized carbons (Fsp3) is 0.400. The molecule has 0 radical (unpaired) electrons. The molecule has 0 N–H and O–H groups in total. The Balaban J connectivity index is 1.60. The van der Waals surface area contributed by atoms with E-state index in [1.165, 1.54) is 6.07 Å². The number of hydrogen-bond donors (Lipinski definition) is 0. The van der Waals surface area contributed by atoms with Crippen molar-refractivity contribution in [3.8, 4) is 11.5 Å². The SMILES string of the molecule is CCCN1C2=C(C(=O)CCC2)C(c2cc(Br)c(OCc3ccccc3F)c(OC)c2)C2=C1CCCC2=O. The van der Waals surface area contributed by atoms with Gasteiger partial charge in [0.05, 0.1) is 11.6 Å². The Hall–Kier alpha value is -2.93. The predicted octanol–water partition coefficient (Wildman–Crippen LogP) is 7.00. The number of carbonyl (C=O) groups excluding carboxylic acids is 2. The summed E-state index contributed by atoms with van der Waals surface area (Å²) < 4.78 is 26.5. The molecule has 0 amide bonds. The number of ketones is 2. The van der Waals surface area contributed by atoms with Gasteiger partial charge in [-0.25, -0.2) is 4.39 Å². The van der Waals surface area contributed by atoms with Crippen LogP contribution in [0.15, 0.2) is 63.4 Å². The van der Waals surface area contributed by atoms with Gasteiger partial charge in [0.1, 0.15) is 12.4 Å². The molecule has 194 valence electrons. The highest BCUT2D eigenvalue weighted by Crippen LogP contribution is 2.51. The molecule has 0 spiro atoms. The Morgan fingerprint density at radius 3 is 2.24 bits per heavy atom. The largest absolute Gasteiger partial charge is 0.493 e. The summed E-state index contributed by atoms with van der Waals surface area (Å²) in [6.07, 6.45) is 5.26. The van der Waals surface area contributed by atoms with Crippen LogP contribution in [0.4, 0.5) is 4.39 Å². The Labute approximate surface area is 225 Å². The molecule has 0 unspecified atom stereocenters. The van der Waals surface area contributed by atoms with Gasteiger partial charge < -0.3 is 14.4 Å². The summed E-state index contributed by atoms with van der Waals surface area (Å²) in [5.74, 6) is 0.390. The molecule has 0 saturated carbocycles. The van der Waals surface area contributed by atoms with Gasteiger partial charge in [-0.15, -0.1) is 0 Å². The average molecular weight is 568 g/mol. The van der Waals surface area contributed by atoms with E-state index in [0.29, 0.717) is 34.4 Å². The highest BCUT2D eigenvalue weighted by molar-refractivity contribution is 9.10. The van der Waals surface area contributed by atoms with E-state index in [1.54, 1.807) is 25.3 Å². The first-order valence-electron chi connectivity index (χ1n) is 13.0. The molecule has 7 heteroatoms. The van der Waals surface area contributed by atoms with E-state index < -0.39 is 5.92 Å². The molecular weight excluding hydrogens is 537 g/mol.